The van der Waals surface area contributed by atoms with Crippen LogP contribution in [0.1, 0.15) is 59.5 Å². The summed E-state index contributed by atoms with van der Waals surface area (Å²) in [6.07, 6.45) is 5.18. The third-order valence-electron chi connectivity index (χ3n) is 4.92. The van der Waals surface area contributed by atoms with Gasteiger partial charge < -0.3 is 4.90 Å². The van der Waals surface area contributed by atoms with Crippen LogP contribution in [0.3, 0.4) is 0 Å². The maximum absolute atomic E-state index is 12.7. The standard InChI is InChI=1S/C18H23N3OS/c1-3-16-17(23-20-19-16)18(22)21(2)15-11-9-14(10-12-15)13-7-5-4-6-8-13/h4-8,14-15H,3,9-12H2,1-2H3. The molecule has 0 aliphatic heterocycles. The van der Waals surface area contributed by atoms with Crippen molar-refractivity contribution in [2.45, 2.75) is 51.0 Å². The van der Waals surface area contributed by atoms with Crippen molar-refractivity contribution in [3.8, 4) is 0 Å². The summed E-state index contributed by atoms with van der Waals surface area (Å²) < 4.78 is 3.94. The van der Waals surface area contributed by atoms with Gasteiger partial charge in [-0.3, -0.25) is 4.79 Å². The third kappa shape index (κ3) is 3.44. The molecule has 23 heavy (non-hydrogen) atoms. The number of aromatic nitrogens is 2. The zero-order valence-electron chi connectivity index (χ0n) is 13.7. The highest BCUT2D eigenvalue weighted by molar-refractivity contribution is 7.08. The van der Waals surface area contributed by atoms with E-state index >= 15 is 0 Å². The molecule has 0 saturated heterocycles. The molecule has 1 aliphatic rings. The number of hydrogen-bond acceptors (Lipinski definition) is 4. The molecule has 0 bridgehead atoms. The zero-order valence-corrected chi connectivity index (χ0v) is 14.6. The van der Waals surface area contributed by atoms with Crippen molar-refractivity contribution < 1.29 is 4.79 Å². The normalized spacial score (nSPS) is 21.1. The number of rotatable bonds is 4. The van der Waals surface area contributed by atoms with E-state index < -0.39 is 0 Å². The Kier molecular flexibility index (Phi) is 5.06. The van der Waals surface area contributed by atoms with Gasteiger partial charge in [0, 0.05) is 13.1 Å². The van der Waals surface area contributed by atoms with Gasteiger partial charge in [0.25, 0.3) is 5.91 Å². The molecule has 3 rings (SSSR count). The minimum absolute atomic E-state index is 0.0833. The van der Waals surface area contributed by atoms with Crippen molar-refractivity contribution in [1.29, 1.82) is 0 Å². The van der Waals surface area contributed by atoms with Crippen LogP contribution < -0.4 is 0 Å². The first kappa shape index (κ1) is 16.1. The predicted octanol–water partition coefficient (Wildman–Crippen LogP) is 3.90. The van der Waals surface area contributed by atoms with Crippen LogP contribution in [0.25, 0.3) is 0 Å². The van der Waals surface area contributed by atoms with E-state index in [1.165, 1.54) is 17.1 Å². The van der Waals surface area contributed by atoms with Crippen molar-refractivity contribution in [2.24, 2.45) is 0 Å². The molecule has 1 aromatic carbocycles. The zero-order chi connectivity index (χ0) is 16.2. The summed E-state index contributed by atoms with van der Waals surface area (Å²) in [5.41, 5.74) is 2.25. The van der Waals surface area contributed by atoms with E-state index in [2.05, 4.69) is 39.9 Å². The van der Waals surface area contributed by atoms with E-state index in [4.69, 9.17) is 0 Å². The summed E-state index contributed by atoms with van der Waals surface area (Å²) in [4.78, 5) is 15.3. The molecule has 122 valence electrons. The van der Waals surface area contributed by atoms with E-state index in [9.17, 15) is 4.79 Å². The van der Waals surface area contributed by atoms with Crippen molar-refractivity contribution in [1.82, 2.24) is 14.5 Å². The van der Waals surface area contributed by atoms with Gasteiger partial charge in [0.2, 0.25) is 0 Å². The summed E-state index contributed by atoms with van der Waals surface area (Å²) in [5, 5.41) is 4.06. The van der Waals surface area contributed by atoms with Crippen LogP contribution in [-0.2, 0) is 6.42 Å². The lowest BCUT2D eigenvalue weighted by Crippen LogP contribution is -2.39. The third-order valence-corrected chi connectivity index (χ3v) is 5.68. The molecule has 1 amide bonds. The SMILES string of the molecule is CCc1nnsc1C(=O)N(C)C1CCC(c2ccccc2)CC1. The first-order chi connectivity index (χ1) is 11.2. The van der Waals surface area contributed by atoms with Gasteiger partial charge >= 0.3 is 0 Å². The molecular weight excluding hydrogens is 306 g/mol. The molecule has 1 aromatic heterocycles. The fourth-order valence-corrected chi connectivity index (χ4v) is 4.18. The van der Waals surface area contributed by atoms with E-state index in [1.54, 1.807) is 0 Å². The number of carbonyl (C=O) groups is 1. The lowest BCUT2D eigenvalue weighted by Gasteiger charge is -2.34. The molecule has 0 unspecified atom stereocenters. The summed E-state index contributed by atoms with van der Waals surface area (Å²) in [6.45, 7) is 2.01. The Morgan fingerprint density at radius 3 is 2.57 bits per heavy atom. The lowest BCUT2D eigenvalue weighted by atomic mass is 9.81. The van der Waals surface area contributed by atoms with Crippen LogP contribution in [0.2, 0.25) is 0 Å². The van der Waals surface area contributed by atoms with Crippen molar-refractivity contribution >= 4 is 17.4 Å². The minimum atomic E-state index is 0.0833. The molecule has 0 atom stereocenters. The molecule has 1 saturated carbocycles. The highest BCUT2D eigenvalue weighted by Gasteiger charge is 2.29. The van der Waals surface area contributed by atoms with Gasteiger partial charge in [-0.1, -0.05) is 41.7 Å². The maximum atomic E-state index is 12.7. The van der Waals surface area contributed by atoms with Gasteiger partial charge in [0.15, 0.2) is 0 Å². The lowest BCUT2D eigenvalue weighted by molar-refractivity contribution is 0.0693. The summed E-state index contributed by atoms with van der Waals surface area (Å²) in [5.74, 6) is 0.715. The molecule has 2 aromatic rings. The van der Waals surface area contributed by atoms with Crippen LogP contribution in [0.5, 0.6) is 0 Å². The Bertz CT molecular complexity index is 647. The number of nitrogens with zero attached hydrogens (tertiary/aromatic N) is 3. The molecule has 5 heteroatoms. The van der Waals surface area contributed by atoms with Crippen LogP contribution in [-0.4, -0.2) is 33.5 Å². The van der Waals surface area contributed by atoms with Crippen molar-refractivity contribution in [3.63, 3.8) is 0 Å². The summed E-state index contributed by atoms with van der Waals surface area (Å²) in [6, 6.07) is 11.1. The topological polar surface area (TPSA) is 46.1 Å². The molecule has 1 heterocycles. The van der Waals surface area contributed by atoms with Gasteiger partial charge in [-0.15, -0.1) is 5.10 Å². The number of carbonyl (C=O) groups excluding carboxylic acids is 1. The highest BCUT2D eigenvalue weighted by Crippen LogP contribution is 2.34. The second-order valence-corrected chi connectivity index (χ2v) is 6.99. The Hall–Kier alpha value is -1.75. The van der Waals surface area contributed by atoms with Gasteiger partial charge in [0.05, 0.1) is 5.69 Å². The Morgan fingerprint density at radius 1 is 1.22 bits per heavy atom. The first-order valence-corrected chi connectivity index (χ1v) is 9.11. The van der Waals surface area contributed by atoms with Crippen LogP contribution in [0.4, 0.5) is 0 Å². The largest absolute Gasteiger partial charge is 0.338 e. The second kappa shape index (κ2) is 7.21. The fourth-order valence-electron chi connectivity index (χ4n) is 3.45. The molecule has 1 fully saturated rings. The van der Waals surface area contributed by atoms with Gasteiger partial charge in [-0.05, 0) is 55.1 Å². The van der Waals surface area contributed by atoms with Crippen molar-refractivity contribution in [3.05, 3.63) is 46.5 Å². The van der Waals surface area contributed by atoms with Gasteiger partial charge in [-0.25, -0.2) is 0 Å². The van der Waals surface area contributed by atoms with Crippen LogP contribution >= 0.6 is 11.5 Å². The Balaban J connectivity index is 1.62. The van der Waals surface area contributed by atoms with Gasteiger partial charge in [-0.2, -0.15) is 0 Å². The van der Waals surface area contributed by atoms with Gasteiger partial charge in [0.1, 0.15) is 4.88 Å². The molecule has 1 aliphatic carbocycles. The molecule has 0 radical (unpaired) electrons. The number of benzene rings is 1. The number of aryl methyl sites for hydroxylation is 1. The van der Waals surface area contributed by atoms with Crippen LogP contribution in [0.15, 0.2) is 30.3 Å². The molecular formula is C18H23N3OS. The van der Waals surface area contributed by atoms with Crippen LogP contribution in [0, 0.1) is 0 Å². The van der Waals surface area contributed by atoms with E-state index in [-0.39, 0.29) is 5.91 Å². The van der Waals surface area contributed by atoms with E-state index in [0.717, 1.165) is 37.8 Å². The second-order valence-electron chi connectivity index (χ2n) is 6.23. The molecule has 4 nitrogen and oxygen atoms in total. The molecule has 0 N–H and O–H groups in total. The average molecular weight is 329 g/mol. The predicted molar refractivity (Wildman–Crippen MR) is 92.8 cm³/mol. The van der Waals surface area contributed by atoms with E-state index in [0.29, 0.717) is 16.8 Å². The Morgan fingerprint density at radius 2 is 1.91 bits per heavy atom. The minimum Gasteiger partial charge on any atom is -0.338 e. The monoisotopic (exact) mass is 329 g/mol. The first-order valence-electron chi connectivity index (χ1n) is 8.34. The molecule has 0 spiro atoms. The Labute approximate surface area is 141 Å². The number of hydrogen-bond donors (Lipinski definition) is 0. The summed E-state index contributed by atoms with van der Waals surface area (Å²) >= 11 is 1.22. The maximum Gasteiger partial charge on any atom is 0.267 e. The smallest absolute Gasteiger partial charge is 0.267 e. The summed E-state index contributed by atoms with van der Waals surface area (Å²) in [7, 11) is 1.93. The quantitative estimate of drug-likeness (QED) is 0.854. The average Bonchev–Trinajstić information content (AvgIpc) is 3.10. The number of amides is 1. The highest BCUT2D eigenvalue weighted by atomic mass is 32.1. The van der Waals surface area contributed by atoms with Crippen molar-refractivity contribution in [2.75, 3.05) is 7.05 Å². The van der Waals surface area contributed by atoms with E-state index in [1.807, 2.05) is 18.9 Å². The fraction of sp³-hybridized carbons (Fsp3) is 0.500.